The highest BCUT2D eigenvalue weighted by atomic mass is 32.1. The molecule has 0 saturated carbocycles. The molecule has 1 aliphatic rings. The topological polar surface area (TPSA) is 77.0 Å². The van der Waals surface area contributed by atoms with Crippen LogP contribution < -0.4 is 10.1 Å². The summed E-state index contributed by atoms with van der Waals surface area (Å²) in [6.07, 6.45) is 5.68. The number of para-hydroxylation sites is 1. The largest absolute Gasteiger partial charge is 0.487 e. The van der Waals surface area contributed by atoms with Crippen molar-refractivity contribution in [2.24, 2.45) is 0 Å². The molecule has 0 saturated heterocycles. The zero-order valence-corrected chi connectivity index (χ0v) is 16.9. The van der Waals surface area contributed by atoms with Gasteiger partial charge in [-0.25, -0.2) is 15.0 Å². The molecular weight excluding hydrogens is 404 g/mol. The lowest BCUT2D eigenvalue weighted by atomic mass is 10.0. The van der Waals surface area contributed by atoms with E-state index in [1.165, 1.54) is 17.7 Å². The number of amides is 1. The molecule has 0 bridgehead atoms. The van der Waals surface area contributed by atoms with E-state index in [0.717, 1.165) is 38.7 Å². The number of aromatic nitrogens is 3. The molecule has 0 aliphatic carbocycles. The number of thiazole rings is 1. The van der Waals surface area contributed by atoms with Gasteiger partial charge in [-0.3, -0.25) is 4.79 Å². The molecule has 29 heavy (non-hydrogen) atoms. The number of hydrogen-bond donors (Lipinski definition) is 1. The molecule has 1 N–H and O–H groups in total. The van der Waals surface area contributed by atoms with E-state index in [0.29, 0.717) is 12.2 Å². The molecule has 4 aromatic rings. The van der Waals surface area contributed by atoms with Crippen molar-refractivity contribution >= 4 is 28.6 Å². The number of thiophene rings is 1. The van der Waals surface area contributed by atoms with Gasteiger partial charge in [-0.1, -0.05) is 24.3 Å². The van der Waals surface area contributed by atoms with Crippen molar-refractivity contribution in [3.8, 4) is 26.8 Å². The number of nitrogens with zero attached hydrogens (tertiary/aromatic N) is 3. The summed E-state index contributed by atoms with van der Waals surface area (Å²) in [6.45, 7) is 0.421. The molecule has 8 heteroatoms. The van der Waals surface area contributed by atoms with Gasteiger partial charge in [-0.2, -0.15) is 0 Å². The van der Waals surface area contributed by atoms with Gasteiger partial charge in [-0.15, -0.1) is 22.7 Å². The molecule has 0 spiro atoms. The van der Waals surface area contributed by atoms with Crippen LogP contribution >= 0.6 is 22.7 Å². The lowest BCUT2D eigenvalue weighted by Gasteiger charge is -2.13. The molecule has 0 fully saturated rings. The van der Waals surface area contributed by atoms with Crippen LogP contribution in [0.1, 0.15) is 16.1 Å². The first-order chi connectivity index (χ1) is 14.3. The normalized spacial score (nSPS) is 15.0. The Balaban J connectivity index is 1.25. The number of nitrogens with one attached hydrogen (secondary N) is 1. The van der Waals surface area contributed by atoms with Crippen LogP contribution in [0.25, 0.3) is 21.0 Å². The summed E-state index contributed by atoms with van der Waals surface area (Å²) in [5, 5.41) is 7.61. The number of benzene rings is 1. The van der Waals surface area contributed by atoms with E-state index in [1.807, 2.05) is 29.6 Å². The van der Waals surface area contributed by atoms with Gasteiger partial charge in [-0.05, 0) is 17.0 Å². The first kappa shape index (κ1) is 18.0. The molecule has 3 aromatic heterocycles. The molecule has 4 heterocycles. The highest BCUT2D eigenvalue weighted by molar-refractivity contribution is 7.20. The summed E-state index contributed by atoms with van der Waals surface area (Å²) >= 11 is 3.09. The Kier molecular flexibility index (Phi) is 4.79. The molecule has 144 valence electrons. The number of carbonyl (C=O) groups is 1. The van der Waals surface area contributed by atoms with Gasteiger partial charge in [0, 0.05) is 35.3 Å². The van der Waals surface area contributed by atoms with Crippen LogP contribution in [-0.2, 0) is 6.42 Å². The van der Waals surface area contributed by atoms with Crippen molar-refractivity contribution in [1.29, 1.82) is 0 Å². The number of fused-ring (bicyclic) bond motifs is 1. The van der Waals surface area contributed by atoms with Gasteiger partial charge < -0.3 is 10.1 Å². The van der Waals surface area contributed by atoms with E-state index in [-0.39, 0.29) is 12.0 Å². The van der Waals surface area contributed by atoms with E-state index in [2.05, 4.69) is 26.3 Å². The fraction of sp³-hybridized carbons (Fsp3) is 0.143. The maximum absolute atomic E-state index is 12.5. The first-order valence-corrected chi connectivity index (χ1v) is 10.9. The van der Waals surface area contributed by atoms with Crippen molar-refractivity contribution in [1.82, 2.24) is 20.3 Å². The highest BCUT2D eigenvalue weighted by Crippen LogP contribution is 2.38. The van der Waals surface area contributed by atoms with Crippen LogP contribution in [0.3, 0.4) is 0 Å². The second-order valence-electron chi connectivity index (χ2n) is 6.59. The molecular formula is C21H16N4O2S2. The first-order valence-electron chi connectivity index (χ1n) is 9.09. The van der Waals surface area contributed by atoms with Crippen LogP contribution in [0.2, 0.25) is 0 Å². The van der Waals surface area contributed by atoms with Crippen molar-refractivity contribution in [3.05, 3.63) is 71.1 Å². The third-order valence-electron chi connectivity index (χ3n) is 4.66. The molecule has 1 amide bonds. The quantitative estimate of drug-likeness (QED) is 0.527. The lowest BCUT2D eigenvalue weighted by molar-refractivity contribution is 0.0929. The third kappa shape index (κ3) is 3.64. The summed E-state index contributed by atoms with van der Waals surface area (Å²) in [5.41, 5.74) is 3.45. The molecule has 0 radical (unpaired) electrons. The molecule has 5 rings (SSSR count). The van der Waals surface area contributed by atoms with E-state index in [1.54, 1.807) is 29.1 Å². The molecule has 6 nitrogen and oxygen atoms in total. The summed E-state index contributed by atoms with van der Waals surface area (Å²) < 4.78 is 6.16. The fourth-order valence-corrected chi connectivity index (χ4v) is 4.92. The zero-order valence-electron chi connectivity index (χ0n) is 15.2. The standard InChI is InChI=1S/C21H16N4O2S2/c26-20(17-11-29-21(25-17)18-5-2-6-28-18)24-10-15-7-13-3-1-4-16(19(13)27-15)14-8-22-12-23-9-14/h1-6,8-9,11-12,15H,7,10H2,(H,24,26)/t15-/m0/s1. The number of hydrogen-bond acceptors (Lipinski definition) is 7. The SMILES string of the molecule is O=C(NC[C@@H]1Cc2cccc(-c3cncnc3)c2O1)c1csc(-c2cccs2)n1. The minimum atomic E-state index is -0.180. The molecule has 0 unspecified atom stereocenters. The maximum Gasteiger partial charge on any atom is 0.270 e. The zero-order chi connectivity index (χ0) is 19.6. The maximum atomic E-state index is 12.5. The van der Waals surface area contributed by atoms with E-state index >= 15 is 0 Å². The summed E-state index contributed by atoms with van der Waals surface area (Å²) in [5.74, 6) is 0.662. The minimum absolute atomic E-state index is 0.116. The van der Waals surface area contributed by atoms with Crippen molar-refractivity contribution in [2.75, 3.05) is 6.54 Å². The van der Waals surface area contributed by atoms with Crippen molar-refractivity contribution in [2.45, 2.75) is 12.5 Å². The fourth-order valence-electron chi connectivity index (χ4n) is 3.31. The second kappa shape index (κ2) is 7.73. The van der Waals surface area contributed by atoms with Gasteiger partial charge in [0.05, 0.1) is 11.4 Å². The Morgan fingerprint density at radius 2 is 2.07 bits per heavy atom. The van der Waals surface area contributed by atoms with Crippen LogP contribution in [-0.4, -0.2) is 33.5 Å². The van der Waals surface area contributed by atoms with Gasteiger partial charge in [0.1, 0.15) is 28.9 Å². The third-order valence-corrected chi connectivity index (χ3v) is 6.54. The van der Waals surface area contributed by atoms with Crippen molar-refractivity contribution < 1.29 is 9.53 Å². The Hall–Kier alpha value is -3.10. The molecule has 1 atom stereocenters. The van der Waals surface area contributed by atoms with E-state index in [9.17, 15) is 4.79 Å². The van der Waals surface area contributed by atoms with E-state index in [4.69, 9.17) is 4.74 Å². The van der Waals surface area contributed by atoms with Crippen LogP contribution in [0.15, 0.2) is 59.8 Å². The second-order valence-corrected chi connectivity index (χ2v) is 8.40. The number of ether oxygens (including phenoxy) is 1. The Labute approximate surface area is 175 Å². The number of rotatable bonds is 5. The van der Waals surface area contributed by atoms with Gasteiger partial charge in [0.15, 0.2) is 0 Å². The summed E-state index contributed by atoms with van der Waals surface area (Å²) in [6, 6.07) is 10.0. The van der Waals surface area contributed by atoms with Crippen LogP contribution in [0.4, 0.5) is 0 Å². The Morgan fingerprint density at radius 3 is 2.90 bits per heavy atom. The van der Waals surface area contributed by atoms with Gasteiger partial charge in [0.2, 0.25) is 0 Å². The number of carbonyl (C=O) groups excluding carboxylic acids is 1. The lowest BCUT2D eigenvalue weighted by Crippen LogP contribution is -2.34. The molecule has 1 aliphatic heterocycles. The van der Waals surface area contributed by atoms with Crippen LogP contribution in [0.5, 0.6) is 5.75 Å². The Morgan fingerprint density at radius 1 is 1.17 bits per heavy atom. The average Bonchev–Trinajstić information content (AvgIpc) is 3.52. The van der Waals surface area contributed by atoms with Crippen molar-refractivity contribution in [3.63, 3.8) is 0 Å². The highest BCUT2D eigenvalue weighted by Gasteiger charge is 2.26. The summed E-state index contributed by atoms with van der Waals surface area (Å²) in [7, 11) is 0. The Bertz CT molecular complexity index is 1140. The monoisotopic (exact) mass is 420 g/mol. The smallest absolute Gasteiger partial charge is 0.270 e. The molecule has 1 aromatic carbocycles. The predicted molar refractivity (Wildman–Crippen MR) is 113 cm³/mol. The average molecular weight is 421 g/mol. The van der Waals surface area contributed by atoms with Gasteiger partial charge in [0.25, 0.3) is 5.91 Å². The predicted octanol–water partition coefficient (Wildman–Crippen LogP) is 4.06. The van der Waals surface area contributed by atoms with Gasteiger partial charge >= 0.3 is 0 Å². The van der Waals surface area contributed by atoms with E-state index < -0.39 is 0 Å². The minimum Gasteiger partial charge on any atom is -0.487 e. The summed E-state index contributed by atoms with van der Waals surface area (Å²) in [4.78, 5) is 26.2. The van der Waals surface area contributed by atoms with Crippen LogP contribution in [0, 0.1) is 0 Å².